The number of esters is 1. The zero-order valence-electron chi connectivity index (χ0n) is 10.6. The molecule has 94 valence electrons. The highest BCUT2D eigenvalue weighted by Crippen LogP contribution is 2.02. The van der Waals surface area contributed by atoms with Gasteiger partial charge in [0.1, 0.15) is 0 Å². The third-order valence-electron chi connectivity index (χ3n) is 2.68. The Hall–Kier alpha value is -1.35. The van der Waals surface area contributed by atoms with Crippen LogP contribution in [-0.4, -0.2) is 25.7 Å². The van der Waals surface area contributed by atoms with Gasteiger partial charge in [0.15, 0.2) is 0 Å². The first-order valence-electron chi connectivity index (χ1n) is 6.06. The van der Waals surface area contributed by atoms with Gasteiger partial charge in [-0.15, -0.1) is 0 Å². The minimum absolute atomic E-state index is 0.159. The van der Waals surface area contributed by atoms with E-state index in [0.29, 0.717) is 6.42 Å². The van der Waals surface area contributed by atoms with Crippen molar-refractivity contribution < 1.29 is 9.53 Å². The number of carbonyl (C=O) groups is 1. The highest BCUT2D eigenvalue weighted by atomic mass is 16.5. The van der Waals surface area contributed by atoms with Crippen LogP contribution in [0.3, 0.4) is 0 Å². The Labute approximate surface area is 103 Å². The van der Waals surface area contributed by atoms with Crippen LogP contribution in [0.2, 0.25) is 0 Å². The molecule has 0 heterocycles. The van der Waals surface area contributed by atoms with Crippen LogP contribution in [0.25, 0.3) is 0 Å². The maximum absolute atomic E-state index is 11.0. The molecule has 1 aromatic rings. The number of hydrogen-bond acceptors (Lipinski definition) is 3. The minimum Gasteiger partial charge on any atom is -0.469 e. The molecule has 0 aliphatic rings. The second-order valence-electron chi connectivity index (χ2n) is 4.22. The summed E-state index contributed by atoms with van der Waals surface area (Å²) in [4.78, 5) is 11.0. The third kappa shape index (κ3) is 6.07. The van der Waals surface area contributed by atoms with Crippen LogP contribution >= 0.6 is 0 Å². The number of benzene rings is 1. The lowest BCUT2D eigenvalue weighted by Crippen LogP contribution is -2.29. The first kappa shape index (κ1) is 13.7. The van der Waals surface area contributed by atoms with E-state index in [1.165, 1.54) is 12.7 Å². The largest absolute Gasteiger partial charge is 0.469 e. The molecular weight excluding hydrogens is 214 g/mol. The standard InChI is InChI=1S/C14H21NO2/c1-12(11-14(16)17-2)15-10-6-9-13-7-4-3-5-8-13/h3-5,7-8,12,15H,6,9-11H2,1-2H3/t12-/m1/s1. The summed E-state index contributed by atoms with van der Waals surface area (Å²) in [7, 11) is 1.42. The lowest BCUT2D eigenvalue weighted by molar-refractivity contribution is -0.141. The van der Waals surface area contributed by atoms with Crippen molar-refractivity contribution >= 4 is 5.97 Å². The zero-order chi connectivity index (χ0) is 12.5. The summed E-state index contributed by atoms with van der Waals surface area (Å²) in [6.45, 7) is 2.92. The Bertz CT molecular complexity index is 324. The van der Waals surface area contributed by atoms with E-state index >= 15 is 0 Å². The molecular formula is C14H21NO2. The number of ether oxygens (including phenoxy) is 1. The quantitative estimate of drug-likeness (QED) is 0.581. The lowest BCUT2D eigenvalue weighted by atomic mass is 10.1. The molecule has 0 saturated carbocycles. The monoisotopic (exact) mass is 235 g/mol. The molecule has 0 radical (unpaired) electrons. The Morgan fingerprint density at radius 1 is 1.35 bits per heavy atom. The van der Waals surface area contributed by atoms with Gasteiger partial charge in [0.05, 0.1) is 13.5 Å². The number of nitrogens with one attached hydrogen (secondary N) is 1. The van der Waals surface area contributed by atoms with E-state index in [2.05, 4.69) is 34.3 Å². The van der Waals surface area contributed by atoms with Crippen LogP contribution < -0.4 is 5.32 Å². The first-order valence-corrected chi connectivity index (χ1v) is 6.06. The fraction of sp³-hybridized carbons (Fsp3) is 0.500. The zero-order valence-corrected chi connectivity index (χ0v) is 10.6. The number of hydrogen-bond donors (Lipinski definition) is 1. The van der Waals surface area contributed by atoms with Crippen LogP contribution in [-0.2, 0) is 16.0 Å². The van der Waals surface area contributed by atoms with E-state index < -0.39 is 0 Å². The number of methoxy groups -OCH3 is 1. The highest BCUT2D eigenvalue weighted by Gasteiger charge is 2.07. The molecule has 0 unspecified atom stereocenters. The van der Waals surface area contributed by atoms with Gasteiger partial charge in [-0.2, -0.15) is 0 Å². The normalized spacial score (nSPS) is 12.1. The Morgan fingerprint density at radius 3 is 2.71 bits per heavy atom. The maximum atomic E-state index is 11.0. The van der Waals surface area contributed by atoms with Crippen molar-refractivity contribution in [3.63, 3.8) is 0 Å². The fourth-order valence-electron chi connectivity index (χ4n) is 1.69. The first-order chi connectivity index (χ1) is 8.22. The summed E-state index contributed by atoms with van der Waals surface area (Å²) in [6.07, 6.45) is 2.58. The molecule has 1 N–H and O–H groups in total. The van der Waals surface area contributed by atoms with Gasteiger partial charge in [-0.1, -0.05) is 30.3 Å². The molecule has 3 nitrogen and oxygen atoms in total. The summed E-state index contributed by atoms with van der Waals surface area (Å²) in [5.41, 5.74) is 1.36. The van der Waals surface area contributed by atoms with E-state index in [-0.39, 0.29) is 12.0 Å². The SMILES string of the molecule is COC(=O)C[C@@H](C)NCCCc1ccccc1. The van der Waals surface area contributed by atoms with Crippen LogP contribution in [0.5, 0.6) is 0 Å². The van der Waals surface area contributed by atoms with Crippen molar-refractivity contribution in [1.82, 2.24) is 5.32 Å². The van der Waals surface area contributed by atoms with Crippen LogP contribution in [0.15, 0.2) is 30.3 Å². The van der Waals surface area contributed by atoms with E-state index in [9.17, 15) is 4.79 Å². The van der Waals surface area contributed by atoms with E-state index in [4.69, 9.17) is 0 Å². The maximum Gasteiger partial charge on any atom is 0.307 e. The van der Waals surface area contributed by atoms with Crippen molar-refractivity contribution in [2.24, 2.45) is 0 Å². The van der Waals surface area contributed by atoms with Crippen molar-refractivity contribution in [2.45, 2.75) is 32.2 Å². The average molecular weight is 235 g/mol. The van der Waals surface area contributed by atoms with Gasteiger partial charge in [-0.3, -0.25) is 4.79 Å². The van der Waals surface area contributed by atoms with Gasteiger partial charge < -0.3 is 10.1 Å². The Morgan fingerprint density at radius 2 is 2.06 bits per heavy atom. The van der Waals surface area contributed by atoms with Gasteiger partial charge in [0, 0.05) is 6.04 Å². The molecule has 0 aliphatic carbocycles. The lowest BCUT2D eigenvalue weighted by Gasteiger charge is -2.12. The molecule has 0 bridgehead atoms. The number of aryl methyl sites for hydroxylation is 1. The summed E-state index contributed by atoms with van der Waals surface area (Å²) in [6, 6.07) is 10.6. The summed E-state index contributed by atoms with van der Waals surface area (Å²) in [5.74, 6) is -0.159. The summed E-state index contributed by atoms with van der Waals surface area (Å²) in [5, 5.41) is 3.32. The molecule has 1 rings (SSSR count). The Balaban J connectivity index is 2.10. The van der Waals surface area contributed by atoms with Crippen molar-refractivity contribution in [3.8, 4) is 0 Å². The summed E-state index contributed by atoms with van der Waals surface area (Å²) >= 11 is 0. The van der Waals surface area contributed by atoms with Crippen LogP contribution in [0, 0.1) is 0 Å². The molecule has 0 aromatic heterocycles. The van der Waals surface area contributed by atoms with Crippen molar-refractivity contribution in [3.05, 3.63) is 35.9 Å². The number of carbonyl (C=O) groups excluding carboxylic acids is 1. The topological polar surface area (TPSA) is 38.3 Å². The summed E-state index contributed by atoms with van der Waals surface area (Å²) < 4.78 is 4.62. The van der Waals surface area contributed by atoms with E-state index in [1.807, 2.05) is 13.0 Å². The second-order valence-corrected chi connectivity index (χ2v) is 4.22. The molecule has 0 aliphatic heterocycles. The fourth-order valence-corrected chi connectivity index (χ4v) is 1.69. The molecule has 0 spiro atoms. The molecule has 3 heteroatoms. The third-order valence-corrected chi connectivity index (χ3v) is 2.68. The van der Waals surface area contributed by atoms with E-state index in [1.54, 1.807) is 0 Å². The van der Waals surface area contributed by atoms with Crippen LogP contribution in [0.4, 0.5) is 0 Å². The van der Waals surface area contributed by atoms with Crippen LogP contribution in [0.1, 0.15) is 25.3 Å². The molecule has 1 aromatic carbocycles. The predicted octanol–water partition coefficient (Wildman–Crippen LogP) is 2.16. The Kier molecular flexibility index (Phi) is 6.33. The predicted molar refractivity (Wildman–Crippen MR) is 68.9 cm³/mol. The van der Waals surface area contributed by atoms with Gasteiger partial charge >= 0.3 is 5.97 Å². The van der Waals surface area contributed by atoms with Gasteiger partial charge in [0.2, 0.25) is 0 Å². The number of rotatable bonds is 7. The highest BCUT2D eigenvalue weighted by molar-refractivity contribution is 5.69. The van der Waals surface area contributed by atoms with Crippen molar-refractivity contribution in [1.29, 1.82) is 0 Å². The van der Waals surface area contributed by atoms with Crippen molar-refractivity contribution in [2.75, 3.05) is 13.7 Å². The molecule has 0 amide bonds. The molecule has 1 atom stereocenters. The molecule has 0 fully saturated rings. The van der Waals surface area contributed by atoms with E-state index in [0.717, 1.165) is 19.4 Å². The second kappa shape index (κ2) is 7.85. The van der Waals surface area contributed by atoms with Gasteiger partial charge in [-0.05, 0) is 31.9 Å². The minimum atomic E-state index is -0.159. The van der Waals surface area contributed by atoms with Gasteiger partial charge in [0.25, 0.3) is 0 Å². The molecule has 17 heavy (non-hydrogen) atoms. The smallest absolute Gasteiger partial charge is 0.307 e. The van der Waals surface area contributed by atoms with Gasteiger partial charge in [-0.25, -0.2) is 0 Å². The average Bonchev–Trinajstić information content (AvgIpc) is 2.36. The molecule has 0 saturated heterocycles.